The van der Waals surface area contributed by atoms with Gasteiger partial charge in [-0.2, -0.15) is 0 Å². The second kappa shape index (κ2) is 12.6. The van der Waals surface area contributed by atoms with Crippen LogP contribution in [0.3, 0.4) is 0 Å². The van der Waals surface area contributed by atoms with Gasteiger partial charge in [0, 0.05) is 13.1 Å². The highest BCUT2D eigenvalue weighted by Crippen LogP contribution is 2.26. The maximum Gasteiger partial charge on any atom is 0.244 e. The summed E-state index contributed by atoms with van der Waals surface area (Å²) >= 11 is 1.29. The van der Waals surface area contributed by atoms with E-state index in [2.05, 4.69) is 20.6 Å². The van der Waals surface area contributed by atoms with Crippen molar-refractivity contribution >= 4 is 45.1 Å². The molecular formula is C27H33N7O3S. The number of nitrogens with two attached hydrogens (primary N) is 2. The van der Waals surface area contributed by atoms with Gasteiger partial charge < -0.3 is 27.0 Å². The maximum atomic E-state index is 13.5. The van der Waals surface area contributed by atoms with Gasteiger partial charge in [0.25, 0.3) is 0 Å². The third-order valence-electron chi connectivity index (χ3n) is 6.59. The van der Waals surface area contributed by atoms with E-state index < -0.39 is 18.1 Å². The second-order valence-electron chi connectivity index (χ2n) is 9.18. The molecule has 1 fully saturated rings. The lowest BCUT2D eigenvalue weighted by molar-refractivity contribution is -0.140. The Hall–Kier alpha value is -3.83. The van der Waals surface area contributed by atoms with Crippen LogP contribution in [0.25, 0.3) is 10.2 Å². The number of fused-ring (bicyclic) bond motifs is 1. The number of benzene rings is 2. The van der Waals surface area contributed by atoms with Crippen LogP contribution in [-0.4, -0.2) is 65.7 Å². The van der Waals surface area contributed by atoms with Gasteiger partial charge in [-0.25, -0.2) is 4.98 Å². The summed E-state index contributed by atoms with van der Waals surface area (Å²) in [6.07, 6.45) is 2.05. The van der Waals surface area contributed by atoms with Crippen LogP contribution in [0.1, 0.15) is 47.1 Å². The molecular weight excluding hydrogens is 502 g/mol. The van der Waals surface area contributed by atoms with Crippen molar-refractivity contribution in [2.45, 2.75) is 43.8 Å². The van der Waals surface area contributed by atoms with Gasteiger partial charge in [-0.15, -0.1) is 11.3 Å². The molecule has 2 aromatic carbocycles. The Kier molecular flexibility index (Phi) is 9.03. The molecule has 0 aliphatic carbocycles. The van der Waals surface area contributed by atoms with E-state index >= 15 is 0 Å². The number of carbonyl (C=O) groups excluding carboxylic acids is 3. The largest absolute Gasteiger partial charge is 0.370 e. The number of aliphatic imine (C=N–C) groups is 1. The fourth-order valence-electron chi connectivity index (χ4n) is 4.71. The molecule has 1 unspecified atom stereocenters. The lowest BCUT2D eigenvalue weighted by Crippen LogP contribution is -2.52. The van der Waals surface area contributed by atoms with E-state index in [9.17, 15) is 14.4 Å². The van der Waals surface area contributed by atoms with E-state index in [4.69, 9.17) is 11.5 Å². The fraction of sp³-hybridized carbons (Fsp3) is 0.370. The molecule has 1 saturated heterocycles. The topological polar surface area (TPSA) is 156 Å². The minimum Gasteiger partial charge on any atom is -0.370 e. The number of amides is 2. The molecule has 0 bridgehead atoms. The second-order valence-corrected chi connectivity index (χ2v) is 10.2. The Morgan fingerprint density at radius 1 is 1.13 bits per heavy atom. The molecule has 3 atom stereocenters. The molecule has 38 heavy (non-hydrogen) atoms. The molecule has 2 heterocycles. The Morgan fingerprint density at radius 3 is 2.58 bits per heavy atom. The van der Waals surface area contributed by atoms with E-state index in [1.807, 2.05) is 54.6 Å². The van der Waals surface area contributed by atoms with Crippen LogP contribution >= 0.6 is 11.3 Å². The van der Waals surface area contributed by atoms with Crippen molar-refractivity contribution in [3.05, 3.63) is 65.2 Å². The van der Waals surface area contributed by atoms with Gasteiger partial charge >= 0.3 is 0 Å². The van der Waals surface area contributed by atoms with Crippen molar-refractivity contribution in [3.63, 3.8) is 0 Å². The summed E-state index contributed by atoms with van der Waals surface area (Å²) in [5, 5.41) is 6.33. The van der Waals surface area contributed by atoms with Crippen LogP contribution in [0.4, 0.5) is 0 Å². The molecule has 6 N–H and O–H groups in total. The molecule has 2 amide bonds. The zero-order chi connectivity index (χ0) is 27.1. The SMILES string of the molecule is CN[C@@H](C(=O)N1CCC[C@H]1C(=O)NC(CCCN=C(N)N)C(=O)c1nc2ccccc2s1)c1ccccc1. The van der Waals surface area contributed by atoms with Crippen molar-refractivity contribution in [3.8, 4) is 0 Å². The molecule has 0 saturated carbocycles. The van der Waals surface area contributed by atoms with Crippen LogP contribution in [-0.2, 0) is 9.59 Å². The first-order chi connectivity index (χ1) is 18.4. The number of guanidine groups is 1. The van der Waals surface area contributed by atoms with E-state index in [0.717, 1.165) is 15.8 Å². The third-order valence-corrected chi connectivity index (χ3v) is 7.64. The number of nitrogens with zero attached hydrogens (tertiary/aromatic N) is 3. The van der Waals surface area contributed by atoms with Crippen molar-refractivity contribution in [1.29, 1.82) is 0 Å². The highest BCUT2D eigenvalue weighted by atomic mass is 32.1. The Balaban J connectivity index is 1.51. The van der Waals surface area contributed by atoms with E-state index in [0.29, 0.717) is 43.8 Å². The first kappa shape index (κ1) is 27.2. The number of nitrogens with one attached hydrogen (secondary N) is 2. The monoisotopic (exact) mass is 535 g/mol. The molecule has 0 spiro atoms. The van der Waals surface area contributed by atoms with E-state index in [1.54, 1.807) is 11.9 Å². The highest BCUT2D eigenvalue weighted by molar-refractivity contribution is 7.20. The number of ketones is 1. The molecule has 1 aromatic heterocycles. The van der Waals surface area contributed by atoms with Gasteiger partial charge in [0.05, 0.1) is 16.3 Å². The summed E-state index contributed by atoms with van der Waals surface area (Å²) in [5.41, 5.74) is 12.4. The quantitative estimate of drug-likeness (QED) is 0.127. The summed E-state index contributed by atoms with van der Waals surface area (Å²) in [7, 11) is 1.73. The predicted molar refractivity (Wildman–Crippen MR) is 149 cm³/mol. The lowest BCUT2D eigenvalue weighted by Gasteiger charge is -2.29. The highest BCUT2D eigenvalue weighted by Gasteiger charge is 2.38. The summed E-state index contributed by atoms with van der Waals surface area (Å²) in [4.78, 5) is 50.6. The van der Waals surface area contributed by atoms with Gasteiger partial charge in [0.15, 0.2) is 11.0 Å². The van der Waals surface area contributed by atoms with Crippen molar-refractivity contribution in [2.75, 3.05) is 20.1 Å². The maximum absolute atomic E-state index is 13.5. The Morgan fingerprint density at radius 2 is 1.87 bits per heavy atom. The number of hydrogen-bond acceptors (Lipinski definition) is 7. The van der Waals surface area contributed by atoms with Crippen molar-refractivity contribution in [1.82, 2.24) is 20.5 Å². The molecule has 1 aliphatic heterocycles. The van der Waals surface area contributed by atoms with Crippen LogP contribution < -0.4 is 22.1 Å². The smallest absolute Gasteiger partial charge is 0.244 e. The van der Waals surface area contributed by atoms with Gasteiger partial charge in [-0.1, -0.05) is 42.5 Å². The summed E-state index contributed by atoms with van der Waals surface area (Å²) in [6, 6.07) is 14.9. The number of para-hydroxylation sites is 1. The number of aromatic nitrogens is 1. The number of Topliss-reactive ketones (excluding diaryl/α,β-unsaturated/α-hetero) is 1. The van der Waals surface area contributed by atoms with E-state index in [-0.39, 0.29) is 23.6 Å². The molecule has 11 heteroatoms. The van der Waals surface area contributed by atoms with Gasteiger partial charge in [0.2, 0.25) is 17.6 Å². The average molecular weight is 536 g/mol. The number of likely N-dealkylation sites (N-methyl/N-ethyl adjacent to an activating group) is 1. The zero-order valence-corrected chi connectivity index (χ0v) is 22.1. The first-order valence-electron chi connectivity index (χ1n) is 12.7. The van der Waals surface area contributed by atoms with Crippen molar-refractivity contribution < 1.29 is 14.4 Å². The van der Waals surface area contributed by atoms with Gasteiger partial charge in [-0.3, -0.25) is 19.4 Å². The number of carbonyl (C=O) groups is 3. The number of rotatable bonds is 11. The molecule has 3 aromatic rings. The summed E-state index contributed by atoms with van der Waals surface area (Å²) in [5.74, 6) is -0.809. The van der Waals surface area contributed by atoms with Crippen LogP contribution in [0.15, 0.2) is 59.6 Å². The molecule has 10 nitrogen and oxygen atoms in total. The van der Waals surface area contributed by atoms with Crippen LogP contribution in [0.5, 0.6) is 0 Å². The Labute approximate surface area is 225 Å². The average Bonchev–Trinajstić information content (AvgIpc) is 3.58. The number of likely N-dealkylation sites (tertiary alicyclic amines) is 1. The summed E-state index contributed by atoms with van der Waals surface area (Å²) in [6.45, 7) is 0.805. The number of hydrogen-bond donors (Lipinski definition) is 4. The number of thiazole rings is 1. The summed E-state index contributed by atoms with van der Waals surface area (Å²) < 4.78 is 0.896. The zero-order valence-electron chi connectivity index (χ0n) is 21.3. The normalized spacial score (nSPS) is 16.7. The minimum atomic E-state index is -0.816. The van der Waals surface area contributed by atoms with Crippen LogP contribution in [0, 0.1) is 0 Å². The van der Waals surface area contributed by atoms with Crippen LogP contribution in [0.2, 0.25) is 0 Å². The molecule has 4 rings (SSSR count). The molecule has 1 aliphatic rings. The predicted octanol–water partition coefficient (Wildman–Crippen LogP) is 1.97. The third kappa shape index (κ3) is 6.35. The van der Waals surface area contributed by atoms with E-state index in [1.165, 1.54) is 11.3 Å². The molecule has 0 radical (unpaired) electrons. The minimum absolute atomic E-state index is 0.0271. The first-order valence-corrected chi connectivity index (χ1v) is 13.5. The van der Waals surface area contributed by atoms with Crippen molar-refractivity contribution in [2.24, 2.45) is 16.5 Å². The Bertz CT molecular complexity index is 1270. The molecule has 200 valence electrons. The fourth-order valence-corrected chi connectivity index (χ4v) is 5.67. The standard InChI is InChI=1S/C27H33N7O3S/c1-30-22(17-9-3-2-4-10-17)26(37)34-16-8-13-20(34)24(36)32-19(12-7-15-31-27(28)29)23(35)25-33-18-11-5-6-14-21(18)38-25/h2-6,9-11,14,19-20,22,30H,7-8,12-13,15-16H2,1H3,(H,32,36)(H4,28,29,31)/t19?,20-,22+/m0/s1. The lowest BCUT2D eigenvalue weighted by atomic mass is 10.0. The van der Waals surface area contributed by atoms with Gasteiger partial charge in [0.1, 0.15) is 12.1 Å². The van der Waals surface area contributed by atoms with Gasteiger partial charge in [-0.05, 0) is 50.4 Å².